The summed E-state index contributed by atoms with van der Waals surface area (Å²) in [5.74, 6) is 0.670. The van der Waals surface area contributed by atoms with Gasteiger partial charge >= 0.3 is 0 Å². The Balaban J connectivity index is 1.99. The molecule has 1 fully saturated rings. The normalized spacial score (nSPS) is 17.2. The molecule has 2 rings (SSSR count). The van der Waals surface area contributed by atoms with E-state index in [1.54, 1.807) is 12.3 Å². The fraction of sp³-hybridized carbons (Fsp3) is 0.692. The molecule has 0 aliphatic heterocycles. The van der Waals surface area contributed by atoms with Crippen molar-refractivity contribution in [3.63, 3.8) is 0 Å². The van der Waals surface area contributed by atoms with Crippen molar-refractivity contribution < 1.29 is 13.5 Å². The van der Waals surface area contributed by atoms with Gasteiger partial charge in [0.15, 0.2) is 0 Å². The van der Waals surface area contributed by atoms with Crippen molar-refractivity contribution in [1.29, 1.82) is 0 Å². The molecule has 1 aromatic heterocycles. The second-order valence-electron chi connectivity index (χ2n) is 5.17. The van der Waals surface area contributed by atoms with Gasteiger partial charge in [-0.2, -0.15) is 0 Å². The smallest absolute Gasteiger partial charge is 0.242 e. The highest BCUT2D eigenvalue weighted by atomic mass is 32.2. The summed E-state index contributed by atoms with van der Waals surface area (Å²) >= 11 is 1.29. The van der Waals surface area contributed by atoms with Crippen molar-refractivity contribution >= 4 is 21.4 Å². The lowest BCUT2D eigenvalue weighted by Crippen LogP contribution is -2.26. The molecule has 0 saturated heterocycles. The van der Waals surface area contributed by atoms with Crippen LogP contribution in [-0.4, -0.2) is 20.1 Å². The van der Waals surface area contributed by atoms with Crippen LogP contribution in [0.2, 0.25) is 0 Å². The van der Waals surface area contributed by atoms with Crippen LogP contribution in [-0.2, 0) is 16.6 Å². The van der Waals surface area contributed by atoms with Gasteiger partial charge in [0.05, 0.1) is 11.5 Å². The maximum atomic E-state index is 12.3. The van der Waals surface area contributed by atoms with E-state index in [1.807, 2.05) is 0 Å². The lowest BCUT2D eigenvalue weighted by atomic mass is 10.1. The Hall–Kier alpha value is -0.430. The van der Waals surface area contributed by atoms with Gasteiger partial charge in [-0.25, -0.2) is 13.1 Å². The first-order valence-corrected chi connectivity index (χ1v) is 9.08. The van der Waals surface area contributed by atoms with E-state index < -0.39 is 10.0 Å². The van der Waals surface area contributed by atoms with Crippen LogP contribution in [0.3, 0.4) is 0 Å². The summed E-state index contributed by atoms with van der Waals surface area (Å²) in [4.78, 5) is 0.789. The van der Waals surface area contributed by atoms with E-state index in [0.717, 1.165) is 6.42 Å². The topological polar surface area (TPSA) is 66.4 Å². The number of aliphatic hydroxyl groups excluding tert-OH is 1. The van der Waals surface area contributed by atoms with Crippen LogP contribution in [0.1, 0.15) is 42.5 Å². The minimum Gasteiger partial charge on any atom is -0.391 e. The molecule has 108 valence electrons. The zero-order valence-electron chi connectivity index (χ0n) is 11.2. The van der Waals surface area contributed by atoms with Crippen molar-refractivity contribution in [1.82, 2.24) is 4.72 Å². The fourth-order valence-electron chi connectivity index (χ4n) is 2.73. The monoisotopic (exact) mass is 303 g/mol. The summed E-state index contributed by atoms with van der Waals surface area (Å²) in [5.41, 5.74) is 0.711. The highest BCUT2D eigenvalue weighted by Crippen LogP contribution is 2.28. The maximum absolute atomic E-state index is 12.3. The number of thiophene rings is 1. The van der Waals surface area contributed by atoms with E-state index >= 15 is 0 Å². The first-order chi connectivity index (χ1) is 9.04. The molecular formula is C13H21NO3S2. The van der Waals surface area contributed by atoms with Crippen LogP contribution in [0.5, 0.6) is 0 Å². The summed E-state index contributed by atoms with van der Waals surface area (Å²) in [6.45, 7) is 2.03. The molecule has 19 heavy (non-hydrogen) atoms. The van der Waals surface area contributed by atoms with Crippen LogP contribution >= 0.6 is 11.3 Å². The molecule has 6 heteroatoms. The number of aryl methyl sites for hydroxylation is 1. The second kappa shape index (κ2) is 6.35. The van der Waals surface area contributed by atoms with E-state index in [-0.39, 0.29) is 11.5 Å². The van der Waals surface area contributed by atoms with Gasteiger partial charge < -0.3 is 5.11 Å². The standard InChI is InChI=1S/C13H21NO3S2/c1-10-9-18-12(8-15)13(10)19(16,17)14-7-6-11-4-2-3-5-11/h9,11,14-15H,2-8H2,1H3. The van der Waals surface area contributed by atoms with Crippen molar-refractivity contribution in [3.8, 4) is 0 Å². The minimum atomic E-state index is -3.48. The quantitative estimate of drug-likeness (QED) is 0.848. The molecule has 0 aromatic carbocycles. The van der Waals surface area contributed by atoms with Crippen molar-refractivity contribution in [2.75, 3.05) is 6.54 Å². The molecule has 1 saturated carbocycles. The van der Waals surface area contributed by atoms with E-state index in [9.17, 15) is 13.5 Å². The Morgan fingerprint density at radius 3 is 2.74 bits per heavy atom. The van der Waals surface area contributed by atoms with Crippen molar-refractivity contribution in [2.24, 2.45) is 5.92 Å². The van der Waals surface area contributed by atoms with Crippen LogP contribution < -0.4 is 4.72 Å². The highest BCUT2D eigenvalue weighted by Gasteiger charge is 2.23. The summed E-state index contributed by atoms with van der Waals surface area (Å²) in [5, 5.41) is 11.0. The Morgan fingerprint density at radius 1 is 1.42 bits per heavy atom. The average Bonchev–Trinajstić information content (AvgIpc) is 2.98. The fourth-order valence-corrected chi connectivity index (χ4v) is 5.43. The van der Waals surface area contributed by atoms with Crippen LogP contribution in [0.4, 0.5) is 0 Å². The van der Waals surface area contributed by atoms with Gasteiger partial charge in [0.2, 0.25) is 10.0 Å². The molecule has 1 heterocycles. The van der Waals surface area contributed by atoms with E-state index in [2.05, 4.69) is 4.72 Å². The molecule has 0 bridgehead atoms. The number of hydrogen-bond donors (Lipinski definition) is 2. The van der Waals surface area contributed by atoms with Crippen LogP contribution in [0.25, 0.3) is 0 Å². The predicted molar refractivity (Wildman–Crippen MR) is 76.7 cm³/mol. The number of aliphatic hydroxyl groups is 1. The molecular weight excluding hydrogens is 282 g/mol. The number of sulfonamides is 1. The summed E-state index contributed by atoms with van der Waals surface area (Å²) in [7, 11) is -3.48. The Morgan fingerprint density at radius 2 is 2.11 bits per heavy atom. The van der Waals surface area contributed by atoms with Gasteiger partial charge in [0.1, 0.15) is 4.90 Å². The van der Waals surface area contributed by atoms with E-state index in [1.165, 1.54) is 37.0 Å². The second-order valence-corrected chi connectivity index (χ2v) is 7.83. The number of rotatable bonds is 6. The third-order valence-electron chi connectivity index (χ3n) is 3.72. The largest absolute Gasteiger partial charge is 0.391 e. The van der Waals surface area contributed by atoms with Gasteiger partial charge in [0, 0.05) is 6.54 Å². The molecule has 1 aromatic rings. The van der Waals surface area contributed by atoms with Crippen molar-refractivity contribution in [3.05, 3.63) is 15.8 Å². The highest BCUT2D eigenvalue weighted by molar-refractivity contribution is 7.89. The molecule has 0 spiro atoms. The Bertz CT molecular complexity index is 516. The zero-order valence-corrected chi connectivity index (χ0v) is 12.8. The first-order valence-electron chi connectivity index (χ1n) is 6.72. The lowest BCUT2D eigenvalue weighted by molar-refractivity contribution is 0.282. The molecule has 4 nitrogen and oxygen atoms in total. The maximum Gasteiger partial charge on any atom is 0.242 e. The van der Waals surface area contributed by atoms with E-state index in [0.29, 0.717) is 22.9 Å². The molecule has 0 atom stereocenters. The average molecular weight is 303 g/mol. The summed E-state index contributed by atoms with van der Waals surface area (Å²) in [6, 6.07) is 0. The predicted octanol–water partition coefficient (Wildman–Crippen LogP) is 2.41. The van der Waals surface area contributed by atoms with E-state index in [4.69, 9.17) is 0 Å². The SMILES string of the molecule is Cc1csc(CO)c1S(=O)(=O)NCCC1CCCC1. The summed E-state index contributed by atoms with van der Waals surface area (Å²) in [6.07, 6.45) is 5.91. The van der Waals surface area contributed by atoms with Gasteiger partial charge in [-0.1, -0.05) is 25.7 Å². The van der Waals surface area contributed by atoms with Gasteiger partial charge in [-0.3, -0.25) is 0 Å². The third kappa shape index (κ3) is 3.56. The van der Waals surface area contributed by atoms with Crippen LogP contribution in [0.15, 0.2) is 10.3 Å². The zero-order chi connectivity index (χ0) is 13.9. The molecule has 2 N–H and O–H groups in total. The first kappa shape index (κ1) is 15.0. The van der Waals surface area contributed by atoms with Gasteiger partial charge in [-0.05, 0) is 30.2 Å². The van der Waals surface area contributed by atoms with Crippen LogP contribution in [0, 0.1) is 12.8 Å². The molecule has 1 aliphatic carbocycles. The minimum absolute atomic E-state index is 0.225. The molecule has 1 aliphatic rings. The lowest BCUT2D eigenvalue weighted by Gasteiger charge is -2.11. The summed E-state index contributed by atoms with van der Waals surface area (Å²) < 4.78 is 27.2. The van der Waals surface area contributed by atoms with Crippen molar-refractivity contribution in [2.45, 2.75) is 50.5 Å². The van der Waals surface area contributed by atoms with Gasteiger partial charge in [0.25, 0.3) is 0 Å². The third-order valence-corrected chi connectivity index (χ3v) is 6.63. The number of hydrogen-bond acceptors (Lipinski definition) is 4. The van der Waals surface area contributed by atoms with Gasteiger partial charge in [-0.15, -0.1) is 11.3 Å². The number of nitrogens with one attached hydrogen (secondary N) is 1. The Labute approximate surface area is 118 Å². The molecule has 0 unspecified atom stereocenters. The molecule has 0 radical (unpaired) electrons. The molecule has 0 amide bonds. The Kier molecular flexibility index (Phi) is 5.00.